The summed E-state index contributed by atoms with van der Waals surface area (Å²) in [6.07, 6.45) is -1.65. The molecule has 170 valence electrons. The Balaban J connectivity index is 2.68. The van der Waals surface area contributed by atoms with Gasteiger partial charge in [-0.2, -0.15) is 0 Å². The standard InChI is InChI=1S/C29H41FO/c1-16(2)21-11-22(17(3)4)13-24(12-21)29(31)28(30)27-25(19(7)8)14-23(18(5)6)15-26(27)20(9)10/h11-20,28H,1-10H3. The number of Topliss-reactive ketones (excluding diaryl/α,β-unsaturated/α-hetero) is 1. The molecule has 0 N–H and O–H groups in total. The number of alkyl halides is 1. The van der Waals surface area contributed by atoms with E-state index in [-0.39, 0.29) is 23.7 Å². The molecular formula is C29H41FO. The predicted molar refractivity (Wildman–Crippen MR) is 132 cm³/mol. The number of carbonyl (C=O) groups excluding carboxylic acids is 1. The van der Waals surface area contributed by atoms with Crippen molar-refractivity contribution in [1.29, 1.82) is 0 Å². The van der Waals surface area contributed by atoms with Gasteiger partial charge in [0.05, 0.1) is 0 Å². The van der Waals surface area contributed by atoms with E-state index in [0.717, 1.165) is 22.3 Å². The van der Waals surface area contributed by atoms with Gasteiger partial charge >= 0.3 is 0 Å². The first-order chi connectivity index (χ1) is 14.3. The summed E-state index contributed by atoms with van der Waals surface area (Å²) in [6, 6.07) is 10.1. The van der Waals surface area contributed by atoms with Crippen LogP contribution in [0.1, 0.15) is 149 Å². The van der Waals surface area contributed by atoms with Crippen molar-refractivity contribution in [1.82, 2.24) is 0 Å². The first kappa shape index (κ1) is 25.3. The van der Waals surface area contributed by atoms with Gasteiger partial charge in [-0.1, -0.05) is 87.4 Å². The van der Waals surface area contributed by atoms with Gasteiger partial charge in [-0.25, -0.2) is 4.39 Å². The molecule has 0 aliphatic carbocycles. The Hall–Kier alpha value is -1.96. The smallest absolute Gasteiger partial charge is 0.201 e. The fraction of sp³-hybridized carbons (Fsp3) is 0.552. The van der Waals surface area contributed by atoms with Crippen LogP contribution < -0.4 is 0 Å². The van der Waals surface area contributed by atoms with E-state index in [2.05, 4.69) is 87.4 Å². The van der Waals surface area contributed by atoms with Crippen LogP contribution in [0.2, 0.25) is 0 Å². The lowest BCUT2D eigenvalue weighted by atomic mass is 9.81. The van der Waals surface area contributed by atoms with E-state index in [1.807, 2.05) is 12.1 Å². The van der Waals surface area contributed by atoms with Crippen molar-refractivity contribution in [2.24, 2.45) is 0 Å². The van der Waals surface area contributed by atoms with Crippen LogP contribution in [-0.2, 0) is 0 Å². The number of hydrogen-bond acceptors (Lipinski definition) is 1. The van der Waals surface area contributed by atoms with E-state index in [9.17, 15) is 4.79 Å². The van der Waals surface area contributed by atoms with Gasteiger partial charge in [0.2, 0.25) is 5.78 Å². The zero-order valence-electron chi connectivity index (χ0n) is 21.1. The van der Waals surface area contributed by atoms with Gasteiger partial charge in [-0.05, 0) is 69.5 Å². The highest BCUT2D eigenvalue weighted by Gasteiger charge is 2.30. The van der Waals surface area contributed by atoms with Crippen molar-refractivity contribution in [2.75, 3.05) is 0 Å². The number of rotatable bonds is 8. The van der Waals surface area contributed by atoms with Crippen LogP contribution in [0.4, 0.5) is 4.39 Å². The van der Waals surface area contributed by atoms with Gasteiger partial charge in [-0.15, -0.1) is 0 Å². The molecular weight excluding hydrogens is 383 g/mol. The number of benzene rings is 2. The van der Waals surface area contributed by atoms with Gasteiger partial charge in [0.1, 0.15) is 0 Å². The van der Waals surface area contributed by atoms with Crippen LogP contribution in [0, 0.1) is 0 Å². The summed E-state index contributed by atoms with van der Waals surface area (Å²) in [5, 5.41) is 0. The van der Waals surface area contributed by atoms with E-state index in [0.29, 0.717) is 17.0 Å². The molecule has 2 aromatic carbocycles. The van der Waals surface area contributed by atoms with E-state index < -0.39 is 12.0 Å². The minimum Gasteiger partial charge on any atom is -0.290 e. The first-order valence-corrected chi connectivity index (χ1v) is 11.9. The first-order valence-electron chi connectivity index (χ1n) is 11.9. The summed E-state index contributed by atoms with van der Waals surface area (Å²) in [7, 11) is 0. The number of hydrogen-bond donors (Lipinski definition) is 0. The zero-order valence-corrected chi connectivity index (χ0v) is 21.1. The molecule has 0 radical (unpaired) electrons. The maximum Gasteiger partial charge on any atom is 0.201 e. The third kappa shape index (κ3) is 5.64. The van der Waals surface area contributed by atoms with Crippen molar-refractivity contribution >= 4 is 5.78 Å². The lowest BCUT2D eigenvalue weighted by Gasteiger charge is -2.25. The maximum atomic E-state index is 16.1. The number of ketones is 1. The van der Waals surface area contributed by atoms with Gasteiger partial charge in [0.15, 0.2) is 6.17 Å². The van der Waals surface area contributed by atoms with Crippen molar-refractivity contribution < 1.29 is 9.18 Å². The lowest BCUT2D eigenvalue weighted by molar-refractivity contribution is 0.0875. The third-order valence-corrected chi connectivity index (χ3v) is 6.26. The van der Waals surface area contributed by atoms with E-state index in [1.165, 1.54) is 5.56 Å². The Labute approximate surface area is 189 Å². The molecule has 1 nitrogen and oxygen atoms in total. The van der Waals surface area contributed by atoms with Gasteiger partial charge in [0.25, 0.3) is 0 Å². The molecule has 2 heteroatoms. The lowest BCUT2D eigenvalue weighted by Crippen LogP contribution is -2.16. The molecule has 0 amide bonds. The van der Waals surface area contributed by atoms with Crippen LogP contribution >= 0.6 is 0 Å². The summed E-state index contributed by atoms with van der Waals surface area (Å²) in [4.78, 5) is 13.5. The summed E-state index contributed by atoms with van der Waals surface area (Å²) < 4.78 is 16.1. The second-order valence-electron chi connectivity index (χ2n) is 10.5. The van der Waals surface area contributed by atoms with Crippen LogP contribution in [0.25, 0.3) is 0 Å². The monoisotopic (exact) mass is 424 g/mol. The molecule has 0 aromatic heterocycles. The molecule has 0 aliphatic heterocycles. The Morgan fingerprint density at radius 3 is 1.26 bits per heavy atom. The van der Waals surface area contributed by atoms with Crippen LogP contribution in [-0.4, -0.2) is 5.78 Å². The molecule has 2 rings (SSSR count). The summed E-state index contributed by atoms with van der Waals surface area (Å²) in [6.45, 7) is 21.1. The molecule has 2 aromatic rings. The second kappa shape index (κ2) is 10.1. The van der Waals surface area contributed by atoms with Crippen LogP contribution in [0.5, 0.6) is 0 Å². The summed E-state index contributed by atoms with van der Waals surface area (Å²) in [5.74, 6) is 0.785. The molecule has 0 bridgehead atoms. The SMILES string of the molecule is CC(C)c1cc(C(=O)C(F)c2c(C(C)C)cc(C(C)C)cc2C(C)C)cc(C(C)C)c1. The highest BCUT2D eigenvalue weighted by Crippen LogP contribution is 2.39. The van der Waals surface area contributed by atoms with E-state index in [4.69, 9.17) is 0 Å². The van der Waals surface area contributed by atoms with Crippen molar-refractivity contribution in [3.63, 3.8) is 0 Å². The fourth-order valence-electron chi connectivity index (χ4n) is 4.07. The predicted octanol–water partition coefficient (Wildman–Crippen LogP) is 9.20. The molecule has 0 saturated heterocycles. The average molecular weight is 425 g/mol. The Morgan fingerprint density at radius 1 is 0.581 bits per heavy atom. The Bertz CT molecular complexity index is 863. The summed E-state index contributed by atoms with van der Waals surface area (Å²) >= 11 is 0. The molecule has 1 atom stereocenters. The van der Waals surface area contributed by atoms with Gasteiger partial charge in [-0.3, -0.25) is 4.79 Å². The maximum absolute atomic E-state index is 16.1. The van der Waals surface area contributed by atoms with Crippen LogP contribution in [0.3, 0.4) is 0 Å². The molecule has 0 saturated carbocycles. The minimum absolute atomic E-state index is 0.144. The molecule has 0 aliphatic rings. The number of carbonyl (C=O) groups is 1. The van der Waals surface area contributed by atoms with E-state index >= 15 is 4.39 Å². The molecule has 0 fully saturated rings. The largest absolute Gasteiger partial charge is 0.290 e. The second-order valence-corrected chi connectivity index (χ2v) is 10.5. The minimum atomic E-state index is -1.65. The molecule has 31 heavy (non-hydrogen) atoms. The number of halogens is 1. The van der Waals surface area contributed by atoms with Crippen LogP contribution in [0.15, 0.2) is 30.3 Å². The van der Waals surface area contributed by atoms with Crippen molar-refractivity contribution in [2.45, 2.75) is 105 Å². The quantitative estimate of drug-likeness (QED) is 0.386. The molecule has 1 unspecified atom stereocenters. The molecule has 0 spiro atoms. The highest BCUT2D eigenvalue weighted by atomic mass is 19.1. The normalized spacial score (nSPS) is 13.2. The van der Waals surface area contributed by atoms with Gasteiger partial charge in [0, 0.05) is 11.1 Å². The highest BCUT2D eigenvalue weighted by molar-refractivity contribution is 6.00. The van der Waals surface area contributed by atoms with Gasteiger partial charge < -0.3 is 0 Å². The summed E-state index contributed by atoms with van der Waals surface area (Å²) in [5.41, 5.74) is 6.37. The van der Waals surface area contributed by atoms with E-state index in [1.54, 1.807) is 0 Å². The zero-order chi connectivity index (χ0) is 23.6. The van der Waals surface area contributed by atoms with Crippen molar-refractivity contribution in [3.8, 4) is 0 Å². The Morgan fingerprint density at radius 2 is 0.935 bits per heavy atom. The Kier molecular flexibility index (Phi) is 8.25. The molecule has 0 heterocycles. The topological polar surface area (TPSA) is 17.1 Å². The average Bonchev–Trinajstić information content (AvgIpc) is 2.70. The fourth-order valence-corrected chi connectivity index (χ4v) is 4.07. The third-order valence-electron chi connectivity index (χ3n) is 6.26. The van der Waals surface area contributed by atoms with Crippen molar-refractivity contribution in [3.05, 3.63) is 69.3 Å².